The summed E-state index contributed by atoms with van der Waals surface area (Å²) in [7, 11) is 0. The molecule has 0 atom stereocenters. The van der Waals surface area contributed by atoms with Gasteiger partial charge in [0.05, 0.1) is 6.73 Å². The fourth-order valence-electron chi connectivity index (χ4n) is 1.22. The fraction of sp³-hybridized carbons (Fsp3) is 0.467. The second-order valence-corrected chi connectivity index (χ2v) is 3.54. The van der Waals surface area contributed by atoms with Crippen molar-refractivity contribution in [3.63, 3.8) is 0 Å². The van der Waals surface area contributed by atoms with Gasteiger partial charge in [-0.1, -0.05) is 56.8 Å². The molecule has 0 saturated heterocycles. The Hall–Kier alpha value is -1.12. The molecule has 0 unspecified atom stereocenters. The van der Waals surface area contributed by atoms with Gasteiger partial charge < -0.3 is 4.74 Å². The van der Waals surface area contributed by atoms with E-state index in [0.717, 1.165) is 26.4 Å². The van der Waals surface area contributed by atoms with Gasteiger partial charge in [0.1, 0.15) is 0 Å². The lowest BCUT2D eigenvalue weighted by Crippen LogP contribution is -2.25. The maximum absolute atomic E-state index is 5.20. The highest BCUT2D eigenvalue weighted by Gasteiger charge is 1.94. The molecule has 0 aromatic heterocycles. The van der Waals surface area contributed by atoms with E-state index in [1.165, 1.54) is 5.56 Å². The smallest absolute Gasteiger partial charge is 0.0989 e. The standard InChI is InChI=1S/C8H8.C7H17NO/c1-2-8-6-4-3-5-7-8;1-4-8(5-2)7-9-6-3/h2-7H,1H2;4-7H2,1-3H3. The van der Waals surface area contributed by atoms with E-state index in [4.69, 9.17) is 4.74 Å². The molecule has 0 heterocycles. The molecule has 0 bridgehead atoms. The summed E-state index contributed by atoms with van der Waals surface area (Å²) >= 11 is 0. The molecule has 0 fully saturated rings. The summed E-state index contributed by atoms with van der Waals surface area (Å²) < 4.78 is 5.20. The van der Waals surface area contributed by atoms with Gasteiger partial charge in [0.25, 0.3) is 0 Å². The number of rotatable bonds is 6. The fourth-order valence-corrected chi connectivity index (χ4v) is 1.22. The largest absolute Gasteiger partial charge is 0.366 e. The zero-order valence-electron chi connectivity index (χ0n) is 11.4. The topological polar surface area (TPSA) is 12.5 Å². The monoisotopic (exact) mass is 235 g/mol. The van der Waals surface area contributed by atoms with Crippen molar-refractivity contribution in [2.45, 2.75) is 20.8 Å². The van der Waals surface area contributed by atoms with E-state index in [-0.39, 0.29) is 0 Å². The Morgan fingerprint density at radius 2 is 1.71 bits per heavy atom. The first-order chi connectivity index (χ1) is 8.28. The lowest BCUT2D eigenvalue weighted by molar-refractivity contribution is 0.0417. The van der Waals surface area contributed by atoms with Crippen LogP contribution in [0.1, 0.15) is 26.3 Å². The molecular weight excluding hydrogens is 210 g/mol. The summed E-state index contributed by atoms with van der Waals surface area (Å²) in [6.07, 6.45) is 1.83. The molecule has 0 aliphatic heterocycles. The van der Waals surface area contributed by atoms with Crippen molar-refractivity contribution in [2.75, 3.05) is 26.4 Å². The van der Waals surface area contributed by atoms with Crippen LogP contribution in [0.5, 0.6) is 0 Å². The average Bonchev–Trinajstić information content (AvgIpc) is 2.42. The van der Waals surface area contributed by atoms with Crippen LogP contribution in [-0.4, -0.2) is 31.3 Å². The van der Waals surface area contributed by atoms with Gasteiger partial charge in [-0.25, -0.2) is 0 Å². The van der Waals surface area contributed by atoms with Crippen LogP contribution in [0.3, 0.4) is 0 Å². The van der Waals surface area contributed by atoms with Gasteiger partial charge in [-0.2, -0.15) is 0 Å². The first kappa shape index (κ1) is 15.9. The van der Waals surface area contributed by atoms with Crippen LogP contribution >= 0.6 is 0 Å². The van der Waals surface area contributed by atoms with Gasteiger partial charge in [-0.15, -0.1) is 0 Å². The highest BCUT2D eigenvalue weighted by atomic mass is 16.5. The van der Waals surface area contributed by atoms with Gasteiger partial charge in [0.2, 0.25) is 0 Å². The Morgan fingerprint density at radius 1 is 1.12 bits per heavy atom. The third-order valence-corrected chi connectivity index (χ3v) is 2.41. The van der Waals surface area contributed by atoms with E-state index in [9.17, 15) is 0 Å². The molecule has 1 rings (SSSR count). The molecule has 1 aromatic rings. The van der Waals surface area contributed by atoms with E-state index in [1.54, 1.807) is 0 Å². The zero-order chi connectivity index (χ0) is 12.9. The molecule has 0 spiro atoms. The molecule has 96 valence electrons. The number of hydrogen-bond acceptors (Lipinski definition) is 2. The van der Waals surface area contributed by atoms with Crippen molar-refractivity contribution in [2.24, 2.45) is 0 Å². The molecule has 0 N–H and O–H groups in total. The number of nitrogens with zero attached hydrogens (tertiary/aromatic N) is 1. The molecule has 0 saturated carbocycles. The van der Waals surface area contributed by atoms with Crippen LogP contribution in [0.2, 0.25) is 0 Å². The summed E-state index contributed by atoms with van der Waals surface area (Å²) in [5.41, 5.74) is 1.17. The van der Waals surface area contributed by atoms with Crippen molar-refractivity contribution in [3.05, 3.63) is 42.5 Å². The number of ether oxygens (including phenoxy) is 1. The normalized spacial score (nSPS) is 9.65. The molecule has 2 heteroatoms. The zero-order valence-corrected chi connectivity index (χ0v) is 11.4. The van der Waals surface area contributed by atoms with E-state index in [0.29, 0.717) is 0 Å². The summed E-state index contributed by atoms with van der Waals surface area (Å²) in [6.45, 7) is 13.7. The summed E-state index contributed by atoms with van der Waals surface area (Å²) in [4.78, 5) is 2.24. The molecule has 0 radical (unpaired) electrons. The molecule has 0 aliphatic rings. The third kappa shape index (κ3) is 8.66. The van der Waals surface area contributed by atoms with Crippen LogP contribution < -0.4 is 0 Å². The molecule has 0 amide bonds. The molecular formula is C15H25NO. The van der Waals surface area contributed by atoms with Crippen molar-refractivity contribution < 1.29 is 4.74 Å². The van der Waals surface area contributed by atoms with E-state index in [2.05, 4.69) is 25.3 Å². The van der Waals surface area contributed by atoms with Crippen LogP contribution in [0.15, 0.2) is 36.9 Å². The maximum Gasteiger partial charge on any atom is 0.0989 e. The molecule has 0 aliphatic carbocycles. The van der Waals surface area contributed by atoms with Crippen LogP contribution in [0.4, 0.5) is 0 Å². The van der Waals surface area contributed by atoms with Crippen molar-refractivity contribution in [1.82, 2.24) is 4.90 Å². The summed E-state index contributed by atoms with van der Waals surface area (Å²) in [5.74, 6) is 0. The predicted molar refractivity (Wildman–Crippen MR) is 75.9 cm³/mol. The van der Waals surface area contributed by atoms with Gasteiger partial charge in [-0.05, 0) is 25.6 Å². The quantitative estimate of drug-likeness (QED) is 0.698. The van der Waals surface area contributed by atoms with Gasteiger partial charge in [0.15, 0.2) is 0 Å². The van der Waals surface area contributed by atoms with E-state index >= 15 is 0 Å². The minimum absolute atomic E-state index is 0.781. The Kier molecular flexibility index (Phi) is 10.6. The second-order valence-electron chi connectivity index (χ2n) is 3.54. The van der Waals surface area contributed by atoms with Crippen LogP contribution in [0.25, 0.3) is 6.08 Å². The highest BCUT2D eigenvalue weighted by Crippen LogP contribution is 1.97. The number of hydrogen-bond donors (Lipinski definition) is 0. The van der Waals surface area contributed by atoms with E-state index in [1.807, 2.05) is 43.3 Å². The van der Waals surface area contributed by atoms with Crippen molar-refractivity contribution >= 4 is 6.08 Å². The Balaban J connectivity index is 0.000000302. The molecule has 1 aromatic carbocycles. The Labute approximate surface area is 106 Å². The second kappa shape index (κ2) is 11.4. The highest BCUT2D eigenvalue weighted by molar-refractivity contribution is 5.45. The first-order valence-electron chi connectivity index (χ1n) is 6.25. The summed E-state index contributed by atoms with van der Waals surface area (Å²) in [5, 5.41) is 0. The molecule has 17 heavy (non-hydrogen) atoms. The third-order valence-electron chi connectivity index (χ3n) is 2.41. The summed E-state index contributed by atoms with van der Waals surface area (Å²) in [6, 6.07) is 10.0. The van der Waals surface area contributed by atoms with Crippen LogP contribution in [-0.2, 0) is 4.74 Å². The van der Waals surface area contributed by atoms with Gasteiger partial charge in [-0.3, -0.25) is 4.90 Å². The Morgan fingerprint density at radius 3 is 2.06 bits per heavy atom. The Bertz CT molecular complexity index is 268. The lowest BCUT2D eigenvalue weighted by Gasteiger charge is -2.16. The van der Waals surface area contributed by atoms with Crippen molar-refractivity contribution in [3.8, 4) is 0 Å². The van der Waals surface area contributed by atoms with Gasteiger partial charge >= 0.3 is 0 Å². The minimum atomic E-state index is 0.781. The van der Waals surface area contributed by atoms with Gasteiger partial charge in [0, 0.05) is 6.61 Å². The maximum atomic E-state index is 5.20. The van der Waals surface area contributed by atoms with Crippen LogP contribution in [0, 0.1) is 0 Å². The first-order valence-corrected chi connectivity index (χ1v) is 6.25. The van der Waals surface area contributed by atoms with Crippen molar-refractivity contribution in [1.29, 1.82) is 0 Å². The average molecular weight is 235 g/mol. The minimum Gasteiger partial charge on any atom is -0.366 e. The molecule has 2 nitrogen and oxygen atoms in total. The SMILES string of the molecule is C=Cc1ccccc1.CCOCN(CC)CC. The predicted octanol–water partition coefficient (Wildman–Crippen LogP) is 3.65. The van der Waals surface area contributed by atoms with E-state index < -0.39 is 0 Å². The number of benzene rings is 1. The lowest BCUT2D eigenvalue weighted by atomic mass is 10.2.